The number of ether oxygens (including phenoxy) is 7. The lowest BCUT2D eigenvalue weighted by Gasteiger charge is -2.47. The van der Waals surface area contributed by atoms with E-state index in [9.17, 15) is 34.8 Å². The zero-order chi connectivity index (χ0) is 51.3. The van der Waals surface area contributed by atoms with Crippen molar-refractivity contribution in [1.29, 1.82) is 0 Å². The third-order valence-corrected chi connectivity index (χ3v) is 18.0. The van der Waals surface area contributed by atoms with Crippen LogP contribution in [0.4, 0.5) is 4.79 Å². The van der Waals surface area contributed by atoms with Gasteiger partial charge in [0.25, 0.3) is 0 Å². The van der Waals surface area contributed by atoms with Crippen molar-refractivity contribution in [2.75, 3.05) is 40.5 Å². The molecule has 2 heterocycles. The van der Waals surface area contributed by atoms with Gasteiger partial charge < -0.3 is 68.2 Å². The van der Waals surface area contributed by atoms with Gasteiger partial charge in [-0.25, -0.2) is 9.59 Å². The number of carbonyl (C=O) groups is 3. The van der Waals surface area contributed by atoms with Crippen LogP contribution in [0.1, 0.15) is 118 Å². The van der Waals surface area contributed by atoms with Crippen LogP contribution in [0.15, 0.2) is 35.9 Å². The van der Waals surface area contributed by atoms with E-state index in [0.717, 1.165) is 62.3 Å². The van der Waals surface area contributed by atoms with E-state index in [-0.39, 0.29) is 22.6 Å². The van der Waals surface area contributed by atoms with Crippen molar-refractivity contribution in [3.63, 3.8) is 0 Å². The van der Waals surface area contributed by atoms with Crippen LogP contribution in [0, 0.1) is 5.92 Å². The van der Waals surface area contributed by atoms with Gasteiger partial charge in [-0.2, -0.15) is 0 Å². The molecule has 1 amide bonds. The number of aliphatic hydroxyl groups excluding tert-OH is 3. The maximum absolute atomic E-state index is 13.9. The predicted octanol–water partition coefficient (Wildman–Crippen LogP) is 6.85. The molecule has 3 aliphatic rings. The maximum atomic E-state index is 13.9. The molecular weight excluding hydrogens is 897 g/mol. The summed E-state index contributed by atoms with van der Waals surface area (Å²) in [5.74, 6) is -1.31. The first-order chi connectivity index (χ1) is 31.9. The van der Waals surface area contributed by atoms with Gasteiger partial charge >= 0.3 is 12.1 Å². The predicted molar refractivity (Wildman–Crippen MR) is 260 cm³/mol. The number of hydrogen-bond acceptors (Lipinski definition) is 15. The van der Waals surface area contributed by atoms with Gasteiger partial charge in [-0.15, -0.1) is 0 Å². The Kier molecular flexibility index (Phi) is 23.1. The number of rotatable bonds is 20. The van der Waals surface area contributed by atoms with E-state index >= 15 is 0 Å². The Morgan fingerprint density at radius 1 is 0.897 bits per heavy atom. The lowest BCUT2D eigenvalue weighted by molar-refractivity contribution is -0.339. The summed E-state index contributed by atoms with van der Waals surface area (Å²) < 4.78 is 46.9. The van der Waals surface area contributed by atoms with E-state index in [1.54, 1.807) is 0 Å². The Morgan fingerprint density at radius 2 is 1.53 bits per heavy atom. The molecule has 2 saturated heterocycles. The molecule has 388 valence electrons. The molecule has 17 nitrogen and oxygen atoms in total. The molecule has 1 aliphatic carbocycles. The molecule has 5 N–H and O–H groups in total. The number of carboxylic acids is 1. The molecule has 0 saturated carbocycles. The summed E-state index contributed by atoms with van der Waals surface area (Å²) in [7, 11) is -0.00812. The highest BCUT2D eigenvalue weighted by Crippen LogP contribution is 2.49. The van der Waals surface area contributed by atoms with Gasteiger partial charge in [0, 0.05) is 32.6 Å². The van der Waals surface area contributed by atoms with Gasteiger partial charge in [-0.05, 0) is 101 Å². The van der Waals surface area contributed by atoms with Crippen molar-refractivity contribution in [2.24, 2.45) is 5.92 Å². The number of aliphatic hydroxyl groups is 3. The molecule has 12 atom stereocenters. The average Bonchev–Trinajstić information content (AvgIpc) is 3.26. The quantitative estimate of drug-likeness (QED) is 0.0296. The van der Waals surface area contributed by atoms with Crippen LogP contribution in [0.5, 0.6) is 11.5 Å². The van der Waals surface area contributed by atoms with Crippen LogP contribution in [0.25, 0.3) is 0 Å². The number of allylic oxidation sites excluding steroid dienone is 3. The Balaban J connectivity index is 0.00000162. The lowest BCUT2D eigenvalue weighted by Crippen LogP contribution is -2.68. The van der Waals surface area contributed by atoms with Crippen LogP contribution in [-0.4, -0.2) is 153 Å². The van der Waals surface area contributed by atoms with E-state index in [2.05, 4.69) is 97.4 Å². The number of benzene rings is 1. The van der Waals surface area contributed by atoms with Gasteiger partial charge in [-0.1, -0.05) is 85.1 Å². The van der Waals surface area contributed by atoms with Gasteiger partial charge in [0.1, 0.15) is 60.8 Å². The first kappa shape index (κ1) is 58.9. The van der Waals surface area contributed by atoms with Gasteiger partial charge in [-0.3, -0.25) is 4.79 Å². The second-order valence-corrected chi connectivity index (χ2v) is 24.4. The van der Waals surface area contributed by atoms with Crippen molar-refractivity contribution in [3.8, 4) is 11.5 Å². The van der Waals surface area contributed by atoms with Crippen LogP contribution in [0.2, 0.25) is 18.1 Å². The Hall–Kier alpha value is -3.43. The highest BCUT2D eigenvalue weighted by atomic mass is 28.4. The molecule has 18 heteroatoms. The van der Waals surface area contributed by atoms with Crippen molar-refractivity contribution >= 4 is 26.3 Å². The maximum Gasteiger partial charge on any atom is 0.513 e. The number of carbonyl (C=O) groups excluding carboxylic acids is 2. The minimum absolute atomic E-state index is 0.0407. The van der Waals surface area contributed by atoms with E-state index in [0.29, 0.717) is 5.75 Å². The molecule has 10 unspecified atom stereocenters. The number of nitrogens with zero attached hydrogens (tertiary/aromatic N) is 1. The van der Waals surface area contributed by atoms with Crippen LogP contribution >= 0.6 is 0 Å². The Labute approximate surface area is 405 Å². The van der Waals surface area contributed by atoms with Crippen molar-refractivity contribution in [3.05, 3.63) is 47.1 Å². The fourth-order valence-electron chi connectivity index (χ4n) is 8.52. The van der Waals surface area contributed by atoms with Crippen LogP contribution in [-0.2, 0) is 44.4 Å². The summed E-state index contributed by atoms with van der Waals surface area (Å²) in [6.45, 7) is 32.2. The molecule has 2 fully saturated rings. The number of amides is 1. The largest absolute Gasteiger partial charge is 0.543 e. The minimum Gasteiger partial charge on any atom is -0.543 e. The molecule has 4 rings (SSSR count). The third-order valence-electron chi connectivity index (χ3n) is 13.6. The van der Waals surface area contributed by atoms with Crippen molar-refractivity contribution < 1.29 is 72.4 Å². The smallest absolute Gasteiger partial charge is 0.513 e. The summed E-state index contributed by atoms with van der Waals surface area (Å²) in [6, 6.07) is 2.71. The highest BCUT2D eigenvalue weighted by Gasteiger charge is 2.53. The Bertz CT molecular complexity index is 1830. The SMILES string of the molecule is C=C(C)[C@@H]1CCC(C)=C[C@H]1c1c(OC(=O)OCC2OC(OC)C(NC(C)=O)C(OC3OC(C(=O)O)C(OC)C(O)C3O)C2O)cc(CCCCC)cc1O[Si](C)(C)C(C)(C)C.CCN(CC)CC. The summed E-state index contributed by atoms with van der Waals surface area (Å²) >= 11 is 0. The zero-order valence-corrected chi connectivity index (χ0v) is 44.2. The topological polar surface area (TPSA) is 221 Å². The summed E-state index contributed by atoms with van der Waals surface area (Å²) in [4.78, 5) is 40.6. The first-order valence-corrected chi connectivity index (χ1v) is 27.1. The summed E-state index contributed by atoms with van der Waals surface area (Å²) in [6.07, 6.45) is -8.00. The molecule has 2 aliphatic heterocycles. The standard InChI is InChI=1S/C44H69NO15Si.C6H15N/c1-13-14-15-16-26-20-29(32(28-19-24(4)17-18-27(28)23(2)3)30(21-26)60-61(11,12)44(6,7)8)57-43(52)55-22-31-34(47)37(33(45-25(5)46)41(54-10)56-31)58-42-36(49)35(48)38(53-9)39(59-42)40(50)51;1-4-7(5-2)6-3/h19-21,27-28,31,33-39,41-42,47-49H,2,13-18,22H2,1,3-12H3,(H,45,46)(H,50,51);4-6H2,1-3H3/t27-,28+,31?,33?,34?,35?,36?,37?,38?,39?,41?,42?;/m0./s1. The fourth-order valence-corrected chi connectivity index (χ4v) is 9.55. The Morgan fingerprint density at radius 3 is 2.04 bits per heavy atom. The number of aryl methyl sites for hydroxylation is 1. The van der Waals surface area contributed by atoms with Crippen molar-refractivity contribution in [1.82, 2.24) is 10.2 Å². The number of methoxy groups -OCH3 is 2. The van der Waals surface area contributed by atoms with E-state index in [4.69, 9.17) is 37.6 Å². The molecule has 0 spiro atoms. The molecular formula is C50H84N2O15Si. The molecule has 68 heavy (non-hydrogen) atoms. The normalized spacial score (nSPS) is 28.7. The number of nitrogens with one attached hydrogen (secondary N) is 1. The molecule has 1 aromatic carbocycles. The third kappa shape index (κ3) is 15.5. The second-order valence-electron chi connectivity index (χ2n) is 19.7. The second kappa shape index (κ2) is 26.7. The molecule has 1 aromatic rings. The number of carboxylic acid groups (broad SMARTS) is 1. The molecule has 0 bridgehead atoms. The van der Waals surface area contributed by atoms with Crippen LogP contribution in [0.3, 0.4) is 0 Å². The average molecular weight is 981 g/mol. The van der Waals surface area contributed by atoms with Gasteiger partial charge in [0.15, 0.2) is 18.7 Å². The highest BCUT2D eigenvalue weighted by molar-refractivity contribution is 6.74. The number of aliphatic carboxylic acids is 1. The van der Waals surface area contributed by atoms with E-state index in [1.807, 2.05) is 13.0 Å². The van der Waals surface area contributed by atoms with Crippen molar-refractivity contribution in [2.45, 2.75) is 193 Å². The number of unbranched alkanes of at least 4 members (excludes halogenated alkanes) is 2. The summed E-state index contributed by atoms with van der Waals surface area (Å²) in [5, 5.41) is 45.5. The van der Waals surface area contributed by atoms with Gasteiger partial charge in [0.05, 0.1) is 0 Å². The molecule has 0 radical (unpaired) electrons. The lowest BCUT2D eigenvalue weighted by atomic mass is 9.73. The fraction of sp³-hybridized carbons (Fsp3) is 0.740. The zero-order valence-electron chi connectivity index (χ0n) is 43.2. The molecule has 0 aromatic heterocycles. The van der Waals surface area contributed by atoms with E-state index < -0.39 is 94.3 Å². The summed E-state index contributed by atoms with van der Waals surface area (Å²) in [5.41, 5.74) is 3.85. The minimum atomic E-state index is -2.43. The van der Waals surface area contributed by atoms with E-state index in [1.165, 1.54) is 39.2 Å². The number of hydrogen-bond donors (Lipinski definition) is 5. The van der Waals surface area contributed by atoms with Gasteiger partial charge in [0.2, 0.25) is 14.2 Å². The first-order valence-electron chi connectivity index (χ1n) is 24.2. The monoisotopic (exact) mass is 981 g/mol. The van der Waals surface area contributed by atoms with Crippen LogP contribution < -0.4 is 14.5 Å².